The monoisotopic (exact) mass is 262 g/mol. The molecular weight excluding hydrogens is 240 g/mol. The van der Waals surface area contributed by atoms with Crippen LogP contribution < -0.4 is 0 Å². The highest BCUT2D eigenvalue weighted by Crippen LogP contribution is 2.25. The minimum atomic E-state index is -3.41. The number of nitrogens with zero attached hydrogens (tertiary/aromatic N) is 2. The molecule has 2 aliphatic heterocycles. The third-order valence-corrected chi connectivity index (χ3v) is 5.14. The van der Waals surface area contributed by atoms with E-state index in [0.29, 0.717) is 38.1 Å². The van der Waals surface area contributed by atoms with Crippen molar-refractivity contribution in [3.05, 3.63) is 0 Å². The van der Waals surface area contributed by atoms with Crippen molar-refractivity contribution in [1.29, 1.82) is 0 Å². The van der Waals surface area contributed by atoms with E-state index in [0.717, 1.165) is 19.3 Å². The molecule has 6 heteroatoms. The molecule has 2 atom stereocenters. The molecule has 2 unspecified atom stereocenters. The topological polar surface area (TPSA) is 49.9 Å². The summed E-state index contributed by atoms with van der Waals surface area (Å²) in [5.41, 5.74) is 0. The van der Waals surface area contributed by atoms with E-state index in [-0.39, 0.29) is 0 Å². The number of rotatable bonds is 2. The lowest BCUT2D eigenvalue weighted by atomic mass is 9.94. The van der Waals surface area contributed by atoms with E-state index in [4.69, 9.17) is 4.84 Å². The molecule has 2 saturated heterocycles. The molecule has 100 valence electrons. The number of hydrogen-bond donors (Lipinski definition) is 0. The molecular formula is C11H22N2O3S. The Kier molecular flexibility index (Phi) is 4.07. The summed E-state index contributed by atoms with van der Waals surface area (Å²) in [6.45, 7) is 6.45. The van der Waals surface area contributed by atoms with Gasteiger partial charge in [0.1, 0.15) is 0 Å². The first-order valence-corrected chi connectivity index (χ1v) is 7.80. The highest BCUT2D eigenvalue weighted by atomic mass is 32.2. The summed E-state index contributed by atoms with van der Waals surface area (Å²) < 4.78 is 27.5. The second kappa shape index (κ2) is 5.22. The molecule has 2 heterocycles. The van der Waals surface area contributed by atoms with Crippen LogP contribution in [0.3, 0.4) is 0 Å². The van der Waals surface area contributed by atoms with Crippen LogP contribution in [0.2, 0.25) is 0 Å². The van der Waals surface area contributed by atoms with Gasteiger partial charge in [0, 0.05) is 19.6 Å². The SMILES string of the molecule is CC1CC(C)CN(S(=O)(=O)N2CCCCO2)C1. The van der Waals surface area contributed by atoms with Gasteiger partial charge in [0.05, 0.1) is 6.61 Å². The molecule has 0 aromatic rings. The first-order chi connectivity index (χ1) is 8.00. The van der Waals surface area contributed by atoms with Crippen molar-refractivity contribution in [3.63, 3.8) is 0 Å². The summed E-state index contributed by atoms with van der Waals surface area (Å²) in [5.74, 6) is 0.858. The van der Waals surface area contributed by atoms with E-state index in [2.05, 4.69) is 13.8 Å². The average Bonchev–Trinajstić information content (AvgIpc) is 2.29. The van der Waals surface area contributed by atoms with E-state index in [1.807, 2.05) is 0 Å². The van der Waals surface area contributed by atoms with Gasteiger partial charge in [0.25, 0.3) is 0 Å². The zero-order valence-electron chi connectivity index (χ0n) is 10.6. The minimum Gasteiger partial charge on any atom is -0.283 e. The third-order valence-electron chi connectivity index (χ3n) is 3.39. The largest absolute Gasteiger partial charge is 0.304 e. The number of hydrogen-bond acceptors (Lipinski definition) is 3. The number of piperidine rings is 1. The Bertz CT molecular complexity index is 342. The Labute approximate surface area is 104 Å². The second-order valence-corrected chi connectivity index (χ2v) is 7.16. The molecule has 5 nitrogen and oxygen atoms in total. The van der Waals surface area contributed by atoms with Gasteiger partial charge in [-0.25, -0.2) is 0 Å². The van der Waals surface area contributed by atoms with Gasteiger partial charge in [-0.15, -0.1) is 0 Å². The first-order valence-electron chi connectivity index (χ1n) is 6.41. The Morgan fingerprint density at radius 3 is 2.29 bits per heavy atom. The van der Waals surface area contributed by atoms with Crippen LogP contribution in [0.15, 0.2) is 0 Å². The summed E-state index contributed by atoms with van der Waals surface area (Å²) >= 11 is 0. The van der Waals surface area contributed by atoms with Crippen molar-refractivity contribution < 1.29 is 13.3 Å². The summed E-state index contributed by atoms with van der Waals surface area (Å²) in [5, 5.41) is 0. The molecule has 2 rings (SSSR count). The molecule has 0 aromatic heterocycles. The molecule has 0 N–H and O–H groups in total. The van der Waals surface area contributed by atoms with E-state index in [1.54, 1.807) is 4.31 Å². The fourth-order valence-electron chi connectivity index (χ4n) is 2.68. The Morgan fingerprint density at radius 2 is 1.76 bits per heavy atom. The first kappa shape index (κ1) is 13.3. The van der Waals surface area contributed by atoms with E-state index < -0.39 is 10.2 Å². The van der Waals surface area contributed by atoms with Crippen LogP contribution in [0.1, 0.15) is 33.1 Å². The normalized spacial score (nSPS) is 33.8. The lowest BCUT2D eigenvalue weighted by Crippen LogP contribution is -2.50. The molecule has 0 amide bonds. The molecule has 0 bridgehead atoms. The van der Waals surface area contributed by atoms with Crippen LogP contribution in [0.5, 0.6) is 0 Å². The molecule has 2 aliphatic rings. The molecule has 0 saturated carbocycles. The van der Waals surface area contributed by atoms with Crippen LogP contribution in [0.25, 0.3) is 0 Å². The van der Waals surface area contributed by atoms with Gasteiger partial charge < -0.3 is 0 Å². The lowest BCUT2D eigenvalue weighted by molar-refractivity contribution is -0.113. The Morgan fingerprint density at radius 1 is 1.12 bits per heavy atom. The van der Waals surface area contributed by atoms with Crippen LogP contribution in [-0.4, -0.2) is 43.4 Å². The highest BCUT2D eigenvalue weighted by Gasteiger charge is 2.36. The van der Waals surface area contributed by atoms with Crippen molar-refractivity contribution >= 4 is 10.2 Å². The maximum atomic E-state index is 12.4. The fraction of sp³-hybridized carbons (Fsp3) is 1.00. The standard InChI is InChI=1S/C11H22N2O3S/c1-10-7-11(2)9-12(8-10)17(14,15)13-5-3-4-6-16-13/h10-11H,3-9H2,1-2H3. The van der Waals surface area contributed by atoms with E-state index >= 15 is 0 Å². The molecule has 0 radical (unpaired) electrons. The van der Waals surface area contributed by atoms with Crippen molar-refractivity contribution in [2.24, 2.45) is 11.8 Å². The van der Waals surface area contributed by atoms with Crippen molar-refractivity contribution in [2.45, 2.75) is 33.1 Å². The molecule has 0 spiro atoms. The van der Waals surface area contributed by atoms with Crippen molar-refractivity contribution in [1.82, 2.24) is 8.77 Å². The van der Waals surface area contributed by atoms with E-state index in [1.165, 1.54) is 4.47 Å². The Hall–Kier alpha value is -0.170. The predicted octanol–water partition coefficient (Wildman–Crippen LogP) is 1.24. The maximum Gasteiger partial charge on any atom is 0.304 e. The predicted molar refractivity (Wildman–Crippen MR) is 65.3 cm³/mol. The quantitative estimate of drug-likeness (QED) is 0.752. The molecule has 17 heavy (non-hydrogen) atoms. The fourth-order valence-corrected chi connectivity index (χ4v) is 4.39. The smallest absolute Gasteiger partial charge is 0.283 e. The van der Waals surface area contributed by atoms with Gasteiger partial charge in [-0.2, -0.15) is 12.7 Å². The summed E-state index contributed by atoms with van der Waals surface area (Å²) in [6, 6.07) is 0. The maximum absolute atomic E-state index is 12.4. The molecule has 0 aliphatic carbocycles. The molecule has 0 aromatic carbocycles. The van der Waals surface area contributed by atoms with Crippen LogP contribution in [0.4, 0.5) is 0 Å². The van der Waals surface area contributed by atoms with Crippen LogP contribution in [0, 0.1) is 11.8 Å². The Balaban J connectivity index is 2.08. The van der Waals surface area contributed by atoms with Gasteiger partial charge >= 0.3 is 10.2 Å². The zero-order chi connectivity index (χ0) is 12.5. The van der Waals surface area contributed by atoms with Gasteiger partial charge in [0.2, 0.25) is 0 Å². The lowest BCUT2D eigenvalue weighted by Gasteiger charge is -2.37. The highest BCUT2D eigenvalue weighted by molar-refractivity contribution is 7.86. The van der Waals surface area contributed by atoms with E-state index in [9.17, 15) is 8.42 Å². The summed E-state index contributed by atoms with van der Waals surface area (Å²) in [7, 11) is -3.41. The van der Waals surface area contributed by atoms with Crippen LogP contribution in [-0.2, 0) is 15.0 Å². The number of hydroxylamine groups is 1. The van der Waals surface area contributed by atoms with Gasteiger partial charge in [-0.1, -0.05) is 18.3 Å². The van der Waals surface area contributed by atoms with Crippen molar-refractivity contribution in [2.75, 3.05) is 26.2 Å². The van der Waals surface area contributed by atoms with Crippen LogP contribution >= 0.6 is 0 Å². The zero-order valence-corrected chi connectivity index (χ0v) is 11.4. The average molecular weight is 262 g/mol. The van der Waals surface area contributed by atoms with Gasteiger partial charge in [-0.3, -0.25) is 4.84 Å². The third kappa shape index (κ3) is 2.99. The summed E-state index contributed by atoms with van der Waals surface area (Å²) in [4.78, 5) is 5.27. The van der Waals surface area contributed by atoms with Gasteiger partial charge in [0.15, 0.2) is 0 Å². The van der Waals surface area contributed by atoms with Gasteiger partial charge in [-0.05, 0) is 31.1 Å². The second-order valence-electron chi connectivity index (χ2n) is 5.34. The minimum absolute atomic E-state index is 0.429. The molecule has 2 fully saturated rings. The van der Waals surface area contributed by atoms with Crippen molar-refractivity contribution in [3.8, 4) is 0 Å². The summed E-state index contributed by atoms with van der Waals surface area (Å²) in [6.07, 6.45) is 2.93.